The van der Waals surface area contributed by atoms with Crippen molar-refractivity contribution in [2.45, 2.75) is 44.3 Å². The van der Waals surface area contributed by atoms with Crippen LogP contribution in [0.15, 0.2) is 24.7 Å². The molecular formula is C17H22N6O2. The molecule has 0 unspecified atom stereocenters. The normalized spacial score (nSPS) is 20.4. The number of nitrogens with zero attached hydrogens (tertiary/aromatic N) is 5. The maximum absolute atomic E-state index is 12.9. The number of methoxy groups -OCH3 is 1. The van der Waals surface area contributed by atoms with Crippen LogP contribution in [0.3, 0.4) is 0 Å². The van der Waals surface area contributed by atoms with Crippen LogP contribution < -0.4 is 15.0 Å². The summed E-state index contributed by atoms with van der Waals surface area (Å²) in [5.74, 6) is 1.29. The first-order valence-electron chi connectivity index (χ1n) is 8.68. The molecule has 1 atom stereocenters. The van der Waals surface area contributed by atoms with E-state index in [1.807, 2.05) is 10.7 Å². The Hall–Kier alpha value is -2.64. The van der Waals surface area contributed by atoms with E-state index >= 15 is 0 Å². The molecule has 2 aliphatic rings. The third kappa shape index (κ3) is 3.16. The molecule has 0 saturated heterocycles. The van der Waals surface area contributed by atoms with Crippen LogP contribution in [0, 0.1) is 0 Å². The SMILES string of the molecule is COc1cc(N2Cc3ccnn3[C@H](C(=O)NC3CCCC3)C2)ncn1. The summed E-state index contributed by atoms with van der Waals surface area (Å²) in [4.78, 5) is 23.3. The number of ether oxygens (including phenoxy) is 1. The van der Waals surface area contributed by atoms with Gasteiger partial charge in [0.15, 0.2) is 0 Å². The molecule has 1 N–H and O–H groups in total. The van der Waals surface area contributed by atoms with Crippen LogP contribution in [0.4, 0.5) is 5.82 Å². The second-order valence-corrected chi connectivity index (χ2v) is 6.57. The van der Waals surface area contributed by atoms with Gasteiger partial charge in [-0.2, -0.15) is 5.10 Å². The minimum Gasteiger partial charge on any atom is -0.481 e. The summed E-state index contributed by atoms with van der Waals surface area (Å²) in [5, 5.41) is 7.56. The Kier molecular flexibility index (Phi) is 4.25. The number of hydrogen-bond donors (Lipinski definition) is 1. The van der Waals surface area contributed by atoms with Crippen LogP contribution in [0.1, 0.15) is 37.4 Å². The van der Waals surface area contributed by atoms with Crippen LogP contribution in [-0.2, 0) is 11.3 Å². The number of carbonyl (C=O) groups excluding carboxylic acids is 1. The van der Waals surface area contributed by atoms with E-state index in [-0.39, 0.29) is 11.9 Å². The zero-order chi connectivity index (χ0) is 17.2. The second kappa shape index (κ2) is 6.70. The Labute approximate surface area is 146 Å². The number of fused-ring (bicyclic) bond motifs is 1. The monoisotopic (exact) mass is 342 g/mol. The molecule has 8 heteroatoms. The van der Waals surface area contributed by atoms with Crippen molar-refractivity contribution in [1.29, 1.82) is 0 Å². The molecule has 2 aromatic rings. The molecule has 3 heterocycles. The predicted molar refractivity (Wildman–Crippen MR) is 91.3 cm³/mol. The molecule has 1 fully saturated rings. The van der Waals surface area contributed by atoms with Crippen molar-refractivity contribution in [2.24, 2.45) is 0 Å². The molecule has 0 spiro atoms. The van der Waals surface area contributed by atoms with E-state index in [2.05, 4.69) is 25.3 Å². The number of amides is 1. The molecular weight excluding hydrogens is 320 g/mol. The lowest BCUT2D eigenvalue weighted by Gasteiger charge is -2.34. The van der Waals surface area contributed by atoms with E-state index in [0.29, 0.717) is 25.0 Å². The van der Waals surface area contributed by atoms with E-state index in [0.717, 1.165) is 24.4 Å². The molecule has 1 aliphatic heterocycles. The first-order valence-corrected chi connectivity index (χ1v) is 8.68. The van der Waals surface area contributed by atoms with E-state index in [1.54, 1.807) is 19.4 Å². The van der Waals surface area contributed by atoms with E-state index in [4.69, 9.17) is 4.74 Å². The van der Waals surface area contributed by atoms with Gasteiger partial charge in [0.2, 0.25) is 11.8 Å². The summed E-state index contributed by atoms with van der Waals surface area (Å²) in [6.45, 7) is 1.17. The van der Waals surface area contributed by atoms with E-state index < -0.39 is 0 Å². The zero-order valence-corrected chi connectivity index (χ0v) is 14.3. The number of hydrogen-bond acceptors (Lipinski definition) is 6. The first kappa shape index (κ1) is 15.9. The summed E-state index contributed by atoms with van der Waals surface area (Å²) in [5.41, 5.74) is 0.996. The van der Waals surface area contributed by atoms with Gasteiger partial charge in [0.25, 0.3) is 0 Å². The second-order valence-electron chi connectivity index (χ2n) is 6.57. The fourth-order valence-electron chi connectivity index (χ4n) is 3.64. The van der Waals surface area contributed by atoms with Crippen LogP contribution in [-0.4, -0.2) is 45.4 Å². The third-order valence-corrected chi connectivity index (χ3v) is 4.96. The van der Waals surface area contributed by atoms with Crippen molar-refractivity contribution in [2.75, 3.05) is 18.6 Å². The predicted octanol–water partition coefficient (Wildman–Crippen LogP) is 1.30. The van der Waals surface area contributed by atoms with Crippen molar-refractivity contribution < 1.29 is 9.53 Å². The van der Waals surface area contributed by atoms with Crippen LogP contribution in [0.5, 0.6) is 5.88 Å². The third-order valence-electron chi connectivity index (χ3n) is 4.96. The van der Waals surface area contributed by atoms with Gasteiger partial charge in [-0.25, -0.2) is 9.97 Å². The Bertz CT molecular complexity index is 755. The van der Waals surface area contributed by atoms with Gasteiger partial charge in [0.1, 0.15) is 18.2 Å². The largest absolute Gasteiger partial charge is 0.481 e. The lowest BCUT2D eigenvalue weighted by molar-refractivity contribution is -0.125. The number of nitrogens with one attached hydrogen (secondary N) is 1. The van der Waals surface area contributed by atoms with Gasteiger partial charge in [-0.05, 0) is 18.9 Å². The lowest BCUT2D eigenvalue weighted by atomic mass is 10.1. The summed E-state index contributed by atoms with van der Waals surface area (Å²) in [6, 6.07) is 3.67. The van der Waals surface area contributed by atoms with Crippen molar-refractivity contribution in [3.63, 3.8) is 0 Å². The summed E-state index contributed by atoms with van der Waals surface area (Å²) in [7, 11) is 1.58. The molecule has 2 aromatic heterocycles. The molecule has 8 nitrogen and oxygen atoms in total. The van der Waals surface area contributed by atoms with Gasteiger partial charge in [0.05, 0.1) is 25.9 Å². The van der Waals surface area contributed by atoms with Crippen LogP contribution in [0.25, 0.3) is 0 Å². The highest BCUT2D eigenvalue weighted by atomic mass is 16.5. The smallest absolute Gasteiger partial charge is 0.246 e. The summed E-state index contributed by atoms with van der Waals surface area (Å²) in [6.07, 6.45) is 7.74. The minimum atomic E-state index is -0.361. The maximum Gasteiger partial charge on any atom is 0.246 e. The number of carbonyl (C=O) groups is 1. The molecule has 25 heavy (non-hydrogen) atoms. The van der Waals surface area contributed by atoms with Gasteiger partial charge in [-0.3, -0.25) is 9.48 Å². The van der Waals surface area contributed by atoms with Gasteiger partial charge in [0, 0.05) is 18.3 Å². The van der Waals surface area contributed by atoms with Crippen molar-refractivity contribution in [3.8, 4) is 5.88 Å². The fourth-order valence-corrected chi connectivity index (χ4v) is 3.64. The van der Waals surface area contributed by atoms with Gasteiger partial charge >= 0.3 is 0 Å². The average Bonchev–Trinajstić information content (AvgIpc) is 3.32. The first-order chi connectivity index (χ1) is 12.2. The molecule has 4 rings (SSSR count). The highest BCUT2D eigenvalue weighted by Gasteiger charge is 2.33. The quantitative estimate of drug-likeness (QED) is 0.901. The highest BCUT2D eigenvalue weighted by Crippen LogP contribution is 2.27. The van der Waals surface area contributed by atoms with Crippen molar-refractivity contribution in [3.05, 3.63) is 30.4 Å². The summed E-state index contributed by atoms with van der Waals surface area (Å²) >= 11 is 0. The molecule has 1 saturated carbocycles. The number of rotatable bonds is 4. The molecule has 1 aliphatic carbocycles. The number of aromatic nitrogens is 4. The Balaban J connectivity index is 1.57. The zero-order valence-electron chi connectivity index (χ0n) is 14.3. The molecule has 1 amide bonds. The molecule has 132 valence electrons. The maximum atomic E-state index is 12.9. The van der Waals surface area contributed by atoms with Crippen molar-refractivity contribution in [1.82, 2.24) is 25.1 Å². The Morgan fingerprint density at radius 3 is 2.96 bits per heavy atom. The van der Waals surface area contributed by atoms with Crippen LogP contribution >= 0.6 is 0 Å². The topological polar surface area (TPSA) is 85.2 Å². The van der Waals surface area contributed by atoms with Gasteiger partial charge in [-0.1, -0.05) is 12.8 Å². The average molecular weight is 342 g/mol. The molecule has 0 aromatic carbocycles. The summed E-state index contributed by atoms with van der Waals surface area (Å²) < 4.78 is 7.02. The molecule has 0 radical (unpaired) electrons. The van der Waals surface area contributed by atoms with E-state index in [9.17, 15) is 4.79 Å². The van der Waals surface area contributed by atoms with Gasteiger partial charge in [-0.15, -0.1) is 0 Å². The lowest BCUT2D eigenvalue weighted by Crippen LogP contribution is -2.47. The van der Waals surface area contributed by atoms with Crippen LogP contribution in [0.2, 0.25) is 0 Å². The van der Waals surface area contributed by atoms with Crippen molar-refractivity contribution >= 4 is 11.7 Å². The Morgan fingerprint density at radius 1 is 1.32 bits per heavy atom. The van der Waals surface area contributed by atoms with Gasteiger partial charge < -0.3 is 15.0 Å². The highest BCUT2D eigenvalue weighted by molar-refractivity contribution is 5.81. The Morgan fingerprint density at radius 2 is 2.16 bits per heavy atom. The minimum absolute atomic E-state index is 0.0302. The fraction of sp³-hybridized carbons (Fsp3) is 0.529. The molecule has 0 bridgehead atoms. The standard InChI is InChI=1S/C17H22N6O2/c1-25-16-8-15(18-11-19-16)22-9-13-6-7-20-23(13)14(10-22)17(24)21-12-4-2-3-5-12/h6-8,11-12,14H,2-5,9-10H2,1H3,(H,21,24)/t14-/m0/s1. The number of anilines is 1. The van der Waals surface area contributed by atoms with E-state index in [1.165, 1.54) is 19.2 Å².